The van der Waals surface area contributed by atoms with Gasteiger partial charge in [0.15, 0.2) is 5.82 Å². The van der Waals surface area contributed by atoms with Crippen molar-refractivity contribution in [2.24, 2.45) is 22.0 Å². The van der Waals surface area contributed by atoms with Gasteiger partial charge in [-0.1, -0.05) is 37.6 Å². The van der Waals surface area contributed by atoms with E-state index >= 15 is 0 Å². The number of rotatable bonds is 12. The van der Waals surface area contributed by atoms with Gasteiger partial charge < -0.3 is 6.42 Å². The fourth-order valence-electron chi connectivity index (χ4n) is 5.16. The van der Waals surface area contributed by atoms with Gasteiger partial charge in [0.2, 0.25) is 0 Å². The molecule has 0 bridgehead atoms. The van der Waals surface area contributed by atoms with Crippen molar-refractivity contribution >= 4 is 23.3 Å². The van der Waals surface area contributed by atoms with Crippen molar-refractivity contribution in [1.82, 2.24) is 19.7 Å². The van der Waals surface area contributed by atoms with E-state index in [4.69, 9.17) is 15.1 Å². The molecule has 1 aliphatic rings. The van der Waals surface area contributed by atoms with Crippen molar-refractivity contribution in [3.63, 3.8) is 0 Å². The highest BCUT2D eigenvalue weighted by atomic mass is 32.2. The molecular formula is C28H35N6OS-. The van der Waals surface area contributed by atoms with Gasteiger partial charge >= 0.3 is 0 Å². The first-order valence-electron chi connectivity index (χ1n) is 12.7. The second kappa shape index (κ2) is 12.4. The van der Waals surface area contributed by atoms with Crippen LogP contribution in [0.3, 0.4) is 0 Å². The van der Waals surface area contributed by atoms with E-state index in [1.807, 2.05) is 48.6 Å². The Labute approximate surface area is 218 Å². The largest absolute Gasteiger partial charge is 0.307 e. The maximum atomic E-state index is 11.0. The Kier molecular flexibility index (Phi) is 9.02. The number of fused-ring (bicyclic) bond motifs is 1. The van der Waals surface area contributed by atoms with Crippen LogP contribution in [0.25, 0.3) is 22.4 Å². The average molecular weight is 504 g/mol. The minimum absolute atomic E-state index is 0.113. The summed E-state index contributed by atoms with van der Waals surface area (Å²) in [5.74, 6) is 1.35. The zero-order valence-electron chi connectivity index (χ0n) is 21.5. The summed E-state index contributed by atoms with van der Waals surface area (Å²) in [5, 5.41) is 8.49. The lowest BCUT2D eigenvalue weighted by molar-refractivity contribution is 0.373. The molecule has 3 aromatic heterocycles. The lowest BCUT2D eigenvalue weighted by Gasteiger charge is -2.41. The Balaban J connectivity index is 1.76. The molecule has 3 aromatic rings. The number of aliphatic imine (C=N–C) groups is 1. The van der Waals surface area contributed by atoms with Crippen molar-refractivity contribution in [1.29, 1.82) is 0 Å². The number of thioether (sulfide) groups is 1. The van der Waals surface area contributed by atoms with Gasteiger partial charge in [-0.15, -0.1) is 0 Å². The monoisotopic (exact) mass is 503 g/mol. The van der Waals surface area contributed by atoms with Crippen LogP contribution in [0.5, 0.6) is 0 Å². The van der Waals surface area contributed by atoms with Gasteiger partial charge in [0.1, 0.15) is 0 Å². The third kappa shape index (κ3) is 5.59. The molecule has 0 aliphatic carbocycles. The third-order valence-electron chi connectivity index (χ3n) is 7.06. The first-order chi connectivity index (χ1) is 17.6. The molecule has 0 aromatic carbocycles. The minimum atomic E-state index is 0.113. The summed E-state index contributed by atoms with van der Waals surface area (Å²) in [7, 11) is 0. The molecule has 0 amide bonds. The molecule has 1 aliphatic heterocycles. The summed E-state index contributed by atoms with van der Waals surface area (Å²) in [4.78, 5) is 25.2. The number of pyridine rings is 2. The molecule has 4 rings (SSSR count). The topological polar surface area (TPSA) is 85.4 Å². The summed E-state index contributed by atoms with van der Waals surface area (Å²) in [6, 6.07) is 8.13. The second-order valence-electron chi connectivity index (χ2n) is 9.38. The molecule has 4 atom stereocenters. The van der Waals surface area contributed by atoms with Gasteiger partial charge in [-0.25, -0.2) is 4.99 Å². The lowest BCUT2D eigenvalue weighted by atomic mass is 9.78. The molecule has 8 heteroatoms. The average Bonchev–Trinajstić information content (AvgIpc) is 3.34. The molecule has 0 spiro atoms. The second-order valence-corrected chi connectivity index (χ2v) is 10.7. The van der Waals surface area contributed by atoms with Crippen molar-refractivity contribution < 1.29 is 0 Å². The SMILES string of the molecule is C[CH-]C1C(CC(C)SC)C(C(CCC)CCN=O)=Nc2c(-c3ccc(-c4cccnc4)nc3)cnn21. The van der Waals surface area contributed by atoms with Crippen LogP contribution in [-0.4, -0.2) is 43.5 Å². The smallest absolute Gasteiger partial charge is 0.156 e. The van der Waals surface area contributed by atoms with E-state index in [0.717, 1.165) is 53.9 Å². The summed E-state index contributed by atoms with van der Waals surface area (Å²) < 4.78 is 2.08. The van der Waals surface area contributed by atoms with Gasteiger partial charge in [-0.3, -0.25) is 14.6 Å². The van der Waals surface area contributed by atoms with E-state index in [9.17, 15) is 4.91 Å². The highest BCUT2D eigenvalue weighted by Crippen LogP contribution is 2.44. The molecular weight excluding hydrogens is 468 g/mol. The zero-order valence-corrected chi connectivity index (χ0v) is 22.4. The first-order valence-corrected chi connectivity index (χ1v) is 14.0. The molecule has 7 nitrogen and oxygen atoms in total. The van der Waals surface area contributed by atoms with Gasteiger partial charge in [-0.05, 0) is 55.6 Å². The number of hydrogen-bond acceptors (Lipinski definition) is 7. The quantitative estimate of drug-likeness (QED) is 0.193. The summed E-state index contributed by atoms with van der Waals surface area (Å²) >= 11 is 1.88. The van der Waals surface area contributed by atoms with Gasteiger partial charge in [0.05, 0.1) is 18.4 Å². The maximum absolute atomic E-state index is 11.0. The third-order valence-corrected chi connectivity index (χ3v) is 8.06. The number of nitrogens with zero attached hydrogens (tertiary/aromatic N) is 6. The van der Waals surface area contributed by atoms with Crippen LogP contribution in [0.1, 0.15) is 52.5 Å². The maximum Gasteiger partial charge on any atom is 0.156 e. The first kappa shape index (κ1) is 26.2. The predicted molar refractivity (Wildman–Crippen MR) is 150 cm³/mol. The van der Waals surface area contributed by atoms with E-state index < -0.39 is 0 Å². The zero-order chi connectivity index (χ0) is 25.5. The molecule has 0 radical (unpaired) electrons. The molecule has 0 fully saturated rings. The van der Waals surface area contributed by atoms with Crippen LogP contribution in [0.15, 0.2) is 59.2 Å². The van der Waals surface area contributed by atoms with Gasteiger partial charge in [-0.2, -0.15) is 28.7 Å². The standard InChI is InChI=1S/C28H35N6OS/c1-5-8-20(12-14-32-35)27-23(15-19(3)36-4)26(6-2)34-28(33-27)24(18-31-34)21-10-11-25(30-17-21)22-9-7-13-29-16-22/h6-7,9-11,13,16-20,23,26H,5,8,12,14-15H2,1-4H3/q-1. The molecule has 0 saturated heterocycles. The van der Waals surface area contributed by atoms with Crippen molar-refractivity contribution in [3.05, 3.63) is 60.4 Å². The predicted octanol–water partition coefficient (Wildman–Crippen LogP) is 7.19. The normalized spacial score (nSPS) is 18.8. The van der Waals surface area contributed by atoms with Gasteiger partial charge in [0, 0.05) is 46.2 Å². The number of aromatic nitrogens is 4. The van der Waals surface area contributed by atoms with Gasteiger partial charge in [0.25, 0.3) is 0 Å². The van der Waals surface area contributed by atoms with Crippen LogP contribution in [0, 0.1) is 23.2 Å². The molecule has 4 unspecified atom stereocenters. The van der Waals surface area contributed by atoms with Crippen LogP contribution in [0.2, 0.25) is 0 Å². The molecule has 190 valence electrons. The lowest BCUT2D eigenvalue weighted by Crippen LogP contribution is -2.36. The molecule has 36 heavy (non-hydrogen) atoms. The van der Waals surface area contributed by atoms with E-state index in [1.54, 1.807) is 6.20 Å². The van der Waals surface area contributed by atoms with E-state index in [1.165, 1.54) is 5.71 Å². The van der Waals surface area contributed by atoms with Crippen LogP contribution >= 0.6 is 11.8 Å². The van der Waals surface area contributed by atoms with Crippen molar-refractivity contribution in [2.75, 3.05) is 12.8 Å². The van der Waals surface area contributed by atoms with Crippen molar-refractivity contribution in [2.45, 2.75) is 57.7 Å². The fraction of sp³-hybridized carbons (Fsp3) is 0.464. The van der Waals surface area contributed by atoms with E-state index in [-0.39, 0.29) is 17.9 Å². The van der Waals surface area contributed by atoms with Crippen LogP contribution in [-0.2, 0) is 0 Å². The number of hydrogen-bond donors (Lipinski definition) is 0. The van der Waals surface area contributed by atoms with E-state index in [0.29, 0.717) is 11.8 Å². The van der Waals surface area contributed by atoms with Crippen molar-refractivity contribution in [3.8, 4) is 22.4 Å². The Bertz CT molecular complexity index is 1160. The Morgan fingerprint density at radius 3 is 2.67 bits per heavy atom. The molecule has 0 saturated carbocycles. The summed E-state index contributed by atoms with van der Waals surface area (Å²) in [5.41, 5.74) is 5.02. The van der Waals surface area contributed by atoms with E-state index in [2.05, 4.69) is 54.4 Å². The number of nitroso groups, excluding NO2 is 1. The molecule has 4 heterocycles. The van der Waals surface area contributed by atoms with Crippen LogP contribution < -0.4 is 0 Å². The Morgan fingerprint density at radius 1 is 1.17 bits per heavy atom. The Morgan fingerprint density at radius 2 is 2.03 bits per heavy atom. The molecule has 0 N–H and O–H groups in total. The summed E-state index contributed by atoms with van der Waals surface area (Å²) in [6.45, 7) is 6.90. The fourth-order valence-corrected chi connectivity index (χ4v) is 5.56. The minimum Gasteiger partial charge on any atom is -0.307 e. The highest BCUT2D eigenvalue weighted by Gasteiger charge is 2.34. The highest BCUT2D eigenvalue weighted by molar-refractivity contribution is 7.99. The van der Waals surface area contributed by atoms with Crippen LogP contribution in [0.4, 0.5) is 5.82 Å². The summed E-state index contributed by atoms with van der Waals surface area (Å²) in [6.07, 6.45) is 15.6. The Hall–Kier alpha value is -2.87.